The van der Waals surface area contributed by atoms with E-state index in [1.807, 2.05) is 0 Å². The van der Waals surface area contributed by atoms with Crippen LogP contribution in [0.15, 0.2) is 40.2 Å². The van der Waals surface area contributed by atoms with Crippen molar-refractivity contribution in [2.45, 2.75) is 4.21 Å². The van der Waals surface area contributed by atoms with Crippen LogP contribution in [0.5, 0.6) is 0 Å². The summed E-state index contributed by atoms with van der Waals surface area (Å²) in [6.45, 7) is 0.883. The number of carbonyl (C=O) groups excluding carboxylic acids is 1. The number of hydrogen-bond acceptors (Lipinski definition) is 6. The molecule has 0 spiro atoms. The average molecular weight is 381 g/mol. The highest BCUT2D eigenvalue weighted by Crippen LogP contribution is 2.25. The standard InChI is InChI=1S/C15H15N3O5S2/c19-14(11-1-3-16-4-2-11)17-5-7-18(8-6-17)25(22,23)13-9-12(10-24-13)15(20)21/h1-4,9-10H,5-8H2,(H,20,21). The maximum atomic E-state index is 12.6. The lowest BCUT2D eigenvalue weighted by Crippen LogP contribution is -2.50. The van der Waals surface area contributed by atoms with Gasteiger partial charge in [-0.1, -0.05) is 0 Å². The maximum Gasteiger partial charge on any atom is 0.336 e. The summed E-state index contributed by atoms with van der Waals surface area (Å²) < 4.78 is 26.5. The third kappa shape index (κ3) is 3.55. The molecule has 1 saturated heterocycles. The minimum absolute atomic E-state index is 0.00110. The molecular formula is C15H15N3O5S2. The van der Waals surface area contributed by atoms with Crippen molar-refractivity contribution in [3.05, 3.63) is 47.1 Å². The zero-order valence-corrected chi connectivity index (χ0v) is 14.7. The van der Waals surface area contributed by atoms with Crippen LogP contribution in [0.4, 0.5) is 0 Å². The van der Waals surface area contributed by atoms with Crippen molar-refractivity contribution >= 4 is 33.2 Å². The average Bonchev–Trinajstić information content (AvgIpc) is 3.13. The number of aromatic nitrogens is 1. The Kier molecular flexibility index (Phi) is 4.84. The molecule has 2 aromatic heterocycles. The highest BCUT2D eigenvalue weighted by Gasteiger charge is 2.31. The summed E-state index contributed by atoms with van der Waals surface area (Å²) in [4.78, 5) is 28.8. The van der Waals surface area contributed by atoms with E-state index in [9.17, 15) is 18.0 Å². The van der Waals surface area contributed by atoms with Crippen molar-refractivity contribution in [2.24, 2.45) is 0 Å². The second-order valence-corrected chi connectivity index (χ2v) is 8.47. The van der Waals surface area contributed by atoms with Crippen molar-refractivity contribution in [3.8, 4) is 0 Å². The highest BCUT2D eigenvalue weighted by molar-refractivity contribution is 7.91. The second kappa shape index (κ2) is 6.90. The van der Waals surface area contributed by atoms with Crippen molar-refractivity contribution in [3.63, 3.8) is 0 Å². The number of aromatic carboxylic acids is 1. The molecule has 0 bridgehead atoms. The summed E-state index contributed by atoms with van der Waals surface area (Å²) in [7, 11) is -3.75. The fourth-order valence-corrected chi connectivity index (χ4v) is 5.23. The molecule has 0 radical (unpaired) electrons. The normalized spacial score (nSPS) is 15.9. The van der Waals surface area contributed by atoms with Crippen LogP contribution in [0, 0.1) is 0 Å². The van der Waals surface area contributed by atoms with Gasteiger partial charge in [0, 0.05) is 49.5 Å². The fraction of sp³-hybridized carbons (Fsp3) is 0.267. The molecule has 3 heterocycles. The summed E-state index contributed by atoms with van der Waals surface area (Å²) in [6.07, 6.45) is 3.07. The van der Waals surface area contributed by atoms with Gasteiger partial charge in [0.05, 0.1) is 5.56 Å². The van der Waals surface area contributed by atoms with Gasteiger partial charge < -0.3 is 10.0 Å². The number of carboxylic acid groups (broad SMARTS) is 1. The number of pyridine rings is 1. The van der Waals surface area contributed by atoms with Gasteiger partial charge in [-0.2, -0.15) is 4.31 Å². The highest BCUT2D eigenvalue weighted by atomic mass is 32.2. The second-order valence-electron chi connectivity index (χ2n) is 5.39. The van der Waals surface area contributed by atoms with E-state index < -0.39 is 16.0 Å². The molecule has 1 aliphatic heterocycles. The van der Waals surface area contributed by atoms with E-state index >= 15 is 0 Å². The minimum Gasteiger partial charge on any atom is -0.478 e. The van der Waals surface area contributed by atoms with Gasteiger partial charge in [0.2, 0.25) is 0 Å². The number of thiophene rings is 1. The quantitative estimate of drug-likeness (QED) is 0.846. The lowest BCUT2D eigenvalue weighted by molar-refractivity contribution is 0.0688. The van der Waals surface area contributed by atoms with Crippen LogP contribution in [0.2, 0.25) is 0 Å². The van der Waals surface area contributed by atoms with Gasteiger partial charge in [-0.15, -0.1) is 11.3 Å². The molecule has 0 aromatic carbocycles. The Balaban J connectivity index is 1.69. The Morgan fingerprint density at radius 1 is 1.08 bits per heavy atom. The number of sulfonamides is 1. The molecule has 3 rings (SSSR count). The SMILES string of the molecule is O=C(O)c1csc(S(=O)(=O)N2CCN(C(=O)c3ccncc3)CC2)c1. The molecule has 2 aromatic rings. The smallest absolute Gasteiger partial charge is 0.336 e. The lowest BCUT2D eigenvalue weighted by Gasteiger charge is -2.33. The van der Waals surface area contributed by atoms with E-state index in [-0.39, 0.29) is 41.9 Å². The van der Waals surface area contributed by atoms with E-state index in [1.54, 1.807) is 17.0 Å². The van der Waals surface area contributed by atoms with Crippen molar-refractivity contribution in [2.75, 3.05) is 26.2 Å². The van der Waals surface area contributed by atoms with E-state index in [0.29, 0.717) is 5.56 Å². The van der Waals surface area contributed by atoms with Crippen LogP contribution < -0.4 is 0 Å². The zero-order chi connectivity index (χ0) is 18.0. The molecular weight excluding hydrogens is 366 g/mol. The number of rotatable bonds is 4. The summed E-state index contributed by atoms with van der Waals surface area (Å²) in [5.74, 6) is -1.32. The first-order valence-corrected chi connectivity index (χ1v) is 9.73. The monoisotopic (exact) mass is 381 g/mol. The van der Waals surface area contributed by atoms with Gasteiger partial charge in [-0.25, -0.2) is 13.2 Å². The predicted octanol–water partition coefficient (Wildman–Crippen LogP) is 0.988. The molecule has 1 fully saturated rings. The number of hydrogen-bond donors (Lipinski definition) is 1. The summed E-state index contributed by atoms with van der Waals surface area (Å²) in [5, 5.41) is 10.2. The Hall–Kier alpha value is -2.30. The zero-order valence-electron chi connectivity index (χ0n) is 13.0. The summed E-state index contributed by atoms with van der Waals surface area (Å²) in [5.41, 5.74) is 0.464. The Bertz CT molecular complexity index is 887. The first-order chi connectivity index (χ1) is 11.9. The van der Waals surface area contributed by atoms with Crippen molar-refractivity contribution in [1.82, 2.24) is 14.2 Å². The molecule has 0 atom stereocenters. The van der Waals surface area contributed by atoms with Crippen LogP contribution in [0.1, 0.15) is 20.7 Å². The van der Waals surface area contributed by atoms with Crippen LogP contribution in [-0.4, -0.2) is 65.8 Å². The molecule has 0 saturated carbocycles. The molecule has 25 heavy (non-hydrogen) atoms. The third-order valence-electron chi connectivity index (χ3n) is 3.87. The number of carboxylic acids is 1. The lowest BCUT2D eigenvalue weighted by atomic mass is 10.2. The first-order valence-electron chi connectivity index (χ1n) is 7.41. The summed E-state index contributed by atoms with van der Waals surface area (Å²) >= 11 is 0.884. The largest absolute Gasteiger partial charge is 0.478 e. The summed E-state index contributed by atoms with van der Waals surface area (Å²) in [6, 6.07) is 4.39. The van der Waals surface area contributed by atoms with Gasteiger partial charge in [-0.05, 0) is 18.2 Å². The molecule has 1 N–H and O–H groups in total. The van der Waals surface area contributed by atoms with Crippen LogP contribution >= 0.6 is 11.3 Å². The number of nitrogens with zero attached hydrogens (tertiary/aromatic N) is 3. The molecule has 0 aliphatic carbocycles. The number of amides is 1. The first kappa shape index (κ1) is 17.5. The topological polar surface area (TPSA) is 108 Å². The molecule has 1 aliphatic rings. The van der Waals surface area contributed by atoms with E-state index in [4.69, 9.17) is 5.11 Å². The minimum atomic E-state index is -3.75. The Morgan fingerprint density at radius 2 is 1.72 bits per heavy atom. The van der Waals surface area contributed by atoms with Crippen LogP contribution in [0.3, 0.4) is 0 Å². The Morgan fingerprint density at radius 3 is 2.28 bits per heavy atom. The number of piperazine rings is 1. The van der Waals surface area contributed by atoms with Gasteiger partial charge >= 0.3 is 5.97 Å². The number of carbonyl (C=O) groups is 2. The predicted molar refractivity (Wildman–Crippen MR) is 90.2 cm³/mol. The van der Waals surface area contributed by atoms with Crippen LogP contribution in [-0.2, 0) is 10.0 Å². The molecule has 1 amide bonds. The molecule has 0 unspecified atom stereocenters. The molecule has 132 valence electrons. The van der Waals surface area contributed by atoms with E-state index in [1.165, 1.54) is 22.1 Å². The third-order valence-corrected chi connectivity index (χ3v) is 7.18. The van der Waals surface area contributed by atoms with Crippen molar-refractivity contribution < 1.29 is 23.1 Å². The van der Waals surface area contributed by atoms with Gasteiger partial charge in [-0.3, -0.25) is 9.78 Å². The Labute approximate surface area is 148 Å². The van der Waals surface area contributed by atoms with Crippen molar-refractivity contribution in [1.29, 1.82) is 0 Å². The van der Waals surface area contributed by atoms with Gasteiger partial charge in [0.1, 0.15) is 4.21 Å². The van der Waals surface area contributed by atoms with E-state index in [2.05, 4.69) is 4.98 Å². The maximum absolute atomic E-state index is 12.6. The molecule has 10 heteroatoms. The van der Waals surface area contributed by atoms with Gasteiger partial charge in [0.25, 0.3) is 15.9 Å². The molecule has 8 nitrogen and oxygen atoms in total. The van der Waals surface area contributed by atoms with E-state index in [0.717, 1.165) is 17.4 Å². The van der Waals surface area contributed by atoms with Gasteiger partial charge in [0.15, 0.2) is 0 Å². The fourth-order valence-electron chi connectivity index (χ4n) is 2.50. The van der Waals surface area contributed by atoms with Crippen LogP contribution in [0.25, 0.3) is 0 Å².